The van der Waals surface area contributed by atoms with Gasteiger partial charge < -0.3 is 9.64 Å². The molecular formula is C12H20ClN5O. The molecule has 7 heteroatoms. The molecule has 1 aromatic rings. The van der Waals surface area contributed by atoms with Crippen LogP contribution in [0.25, 0.3) is 0 Å². The second-order valence-corrected chi connectivity index (χ2v) is 5.07. The molecule has 1 aromatic heterocycles. The van der Waals surface area contributed by atoms with Gasteiger partial charge in [0.05, 0.1) is 6.61 Å². The van der Waals surface area contributed by atoms with Crippen LogP contribution < -0.4 is 9.64 Å². The smallest absolute Gasteiger partial charge is 0.322 e. The molecule has 1 fully saturated rings. The third-order valence-electron chi connectivity index (χ3n) is 3.18. The highest BCUT2D eigenvalue weighted by molar-refractivity contribution is 6.28. The molecule has 0 bridgehead atoms. The van der Waals surface area contributed by atoms with Crippen LogP contribution in [0.2, 0.25) is 5.28 Å². The van der Waals surface area contributed by atoms with Gasteiger partial charge >= 0.3 is 6.01 Å². The summed E-state index contributed by atoms with van der Waals surface area (Å²) in [6.07, 6.45) is 0. The minimum Gasteiger partial charge on any atom is -0.464 e. The summed E-state index contributed by atoms with van der Waals surface area (Å²) >= 11 is 5.90. The summed E-state index contributed by atoms with van der Waals surface area (Å²) in [5.74, 6) is 0.604. The maximum Gasteiger partial charge on any atom is 0.322 e. The second kappa shape index (κ2) is 6.34. The number of nitrogens with zero attached hydrogens (tertiary/aromatic N) is 5. The lowest BCUT2D eigenvalue weighted by Crippen LogP contribution is -2.49. The van der Waals surface area contributed by atoms with Gasteiger partial charge in [-0.25, -0.2) is 0 Å². The molecule has 1 aliphatic heterocycles. The summed E-state index contributed by atoms with van der Waals surface area (Å²) in [6.45, 7) is 10.6. The van der Waals surface area contributed by atoms with E-state index in [2.05, 4.69) is 38.6 Å². The first-order chi connectivity index (χ1) is 9.10. The highest BCUT2D eigenvalue weighted by Gasteiger charge is 2.21. The van der Waals surface area contributed by atoms with Crippen molar-refractivity contribution in [3.05, 3.63) is 5.28 Å². The van der Waals surface area contributed by atoms with Crippen molar-refractivity contribution in [2.75, 3.05) is 37.7 Å². The number of hydrogen-bond acceptors (Lipinski definition) is 6. The Morgan fingerprint density at radius 2 is 1.84 bits per heavy atom. The molecular weight excluding hydrogens is 266 g/mol. The first-order valence-corrected chi connectivity index (χ1v) is 7.01. The molecule has 2 rings (SSSR count). The van der Waals surface area contributed by atoms with Crippen LogP contribution >= 0.6 is 11.6 Å². The largest absolute Gasteiger partial charge is 0.464 e. The minimum absolute atomic E-state index is 0.180. The van der Waals surface area contributed by atoms with Crippen molar-refractivity contribution in [3.8, 4) is 6.01 Å². The van der Waals surface area contributed by atoms with E-state index in [1.54, 1.807) is 0 Å². The van der Waals surface area contributed by atoms with E-state index in [4.69, 9.17) is 16.3 Å². The molecule has 0 aromatic carbocycles. The Morgan fingerprint density at radius 1 is 1.16 bits per heavy atom. The van der Waals surface area contributed by atoms with Crippen molar-refractivity contribution in [2.45, 2.75) is 26.8 Å². The van der Waals surface area contributed by atoms with E-state index in [1.165, 1.54) is 0 Å². The maximum absolute atomic E-state index is 5.90. The lowest BCUT2D eigenvalue weighted by molar-refractivity contribution is 0.208. The van der Waals surface area contributed by atoms with E-state index in [-0.39, 0.29) is 5.28 Å². The van der Waals surface area contributed by atoms with E-state index < -0.39 is 0 Å². The monoisotopic (exact) mass is 285 g/mol. The number of hydrogen-bond donors (Lipinski definition) is 0. The Morgan fingerprint density at radius 3 is 2.42 bits per heavy atom. The molecule has 2 heterocycles. The van der Waals surface area contributed by atoms with Crippen molar-refractivity contribution >= 4 is 17.5 Å². The van der Waals surface area contributed by atoms with Crippen LogP contribution in [0.4, 0.5) is 5.95 Å². The van der Waals surface area contributed by atoms with Crippen molar-refractivity contribution in [3.63, 3.8) is 0 Å². The van der Waals surface area contributed by atoms with Crippen LogP contribution in [0.15, 0.2) is 0 Å². The Hall–Kier alpha value is -1.14. The number of ether oxygens (including phenoxy) is 1. The van der Waals surface area contributed by atoms with Crippen molar-refractivity contribution in [1.29, 1.82) is 0 Å². The minimum atomic E-state index is 0.180. The van der Waals surface area contributed by atoms with Gasteiger partial charge in [-0.2, -0.15) is 15.0 Å². The SMILES string of the molecule is CCOc1nc(Cl)nc(N2CCN(C(C)C)CC2)n1. The van der Waals surface area contributed by atoms with E-state index >= 15 is 0 Å². The van der Waals surface area contributed by atoms with Crippen LogP contribution in [-0.4, -0.2) is 58.7 Å². The third kappa shape index (κ3) is 3.67. The molecule has 1 saturated heterocycles. The van der Waals surface area contributed by atoms with Gasteiger partial charge in [0.2, 0.25) is 11.2 Å². The molecule has 0 atom stereocenters. The van der Waals surface area contributed by atoms with Crippen molar-refractivity contribution in [1.82, 2.24) is 19.9 Å². The zero-order valence-corrected chi connectivity index (χ0v) is 12.4. The Bertz CT molecular complexity index is 421. The summed E-state index contributed by atoms with van der Waals surface area (Å²) in [4.78, 5) is 17.0. The molecule has 0 radical (unpaired) electrons. The average Bonchev–Trinajstić information content (AvgIpc) is 2.38. The molecule has 106 valence electrons. The molecule has 0 unspecified atom stereocenters. The molecule has 0 spiro atoms. The lowest BCUT2D eigenvalue weighted by atomic mass is 10.2. The zero-order valence-electron chi connectivity index (χ0n) is 11.6. The predicted octanol–water partition coefficient (Wildman–Crippen LogP) is 1.45. The van der Waals surface area contributed by atoms with E-state index in [0.717, 1.165) is 26.2 Å². The van der Waals surface area contributed by atoms with Gasteiger partial charge in [-0.3, -0.25) is 4.90 Å². The fourth-order valence-corrected chi connectivity index (χ4v) is 2.24. The number of anilines is 1. The third-order valence-corrected chi connectivity index (χ3v) is 3.35. The summed E-state index contributed by atoms with van der Waals surface area (Å²) in [5.41, 5.74) is 0. The highest BCUT2D eigenvalue weighted by Crippen LogP contribution is 2.17. The van der Waals surface area contributed by atoms with Gasteiger partial charge in [-0.1, -0.05) is 0 Å². The molecule has 0 N–H and O–H groups in total. The first-order valence-electron chi connectivity index (χ1n) is 6.63. The topological polar surface area (TPSA) is 54.4 Å². The Balaban J connectivity index is 2.06. The maximum atomic E-state index is 5.90. The Labute approximate surface area is 118 Å². The van der Waals surface area contributed by atoms with Crippen molar-refractivity contribution < 1.29 is 4.74 Å². The quantitative estimate of drug-likeness (QED) is 0.835. The molecule has 0 amide bonds. The number of aromatic nitrogens is 3. The van der Waals surface area contributed by atoms with Gasteiger partial charge in [0.25, 0.3) is 0 Å². The fraction of sp³-hybridized carbons (Fsp3) is 0.750. The van der Waals surface area contributed by atoms with Crippen LogP contribution in [0, 0.1) is 0 Å². The Kier molecular flexibility index (Phi) is 4.76. The number of halogens is 1. The first kappa shape index (κ1) is 14.3. The van der Waals surface area contributed by atoms with E-state index in [1.807, 2.05) is 6.92 Å². The standard InChI is InChI=1S/C12H20ClN5O/c1-4-19-12-15-10(13)14-11(16-12)18-7-5-17(6-8-18)9(2)3/h9H,4-8H2,1-3H3. The van der Waals surface area contributed by atoms with Gasteiger partial charge in [0.15, 0.2) is 0 Å². The molecule has 19 heavy (non-hydrogen) atoms. The summed E-state index contributed by atoms with van der Waals surface area (Å²) < 4.78 is 5.29. The van der Waals surface area contributed by atoms with Gasteiger partial charge in [-0.15, -0.1) is 0 Å². The summed E-state index contributed by atoms with van der Waals surface area (Å²) in [6, 6.07) is 0.867. The lowest BCUT2D eigenvalue weighted by Gasteiger charge is -2.36. The fourth-order valence-electron chi connectivity index (χ4n) is 2.10. The van der Waals surface area contributed by atoms with E-state index in [0.29, 0.717) is 24.6 Å². The molecule has 1 aliphatic rings. The van der Waals surface area contributed by atoms with E-state index in [9.17, 15) is 0 Å². The van der Waals surface area contributed by atoms with Gasteiger partial charge in [-0.05, 0) is 32.4 Å². The predicted molar refractivity (Wildman–Crippen MR) is 74.9 cm³/mol. The number of piperazine rings is 1. The van der Waals surface area contributed by atoms with Crippen LogP contribution in [0.1, 0.15) is 20.8 Å². The second-order valence-electron chi connectivity index (χ2n) is 4.74. The summed E-state index contributed by atoms with van der Waals surface area (Å²) in [5, 5.41) is 0.180. The van der Waals surface area contributed by atoms with Crippen LogP contribution in [-0.2, 0) is 0 Å². The summed E-state index contributed by atoms with van der Waals surface area (Å²) in [7, 11) is 0. The molecule has 6 nitrogen and oxygen atoms in total. The average molecular weight is 286 g/mol. The van der Waals surface area contributed by atoms with Gasteiger partial charge in [0.1, 0.15) is 0 Å². The molecule has 0 aliphatic carbocycles. The van der Waals surface area contributed by atoms with Gasteiger partial charge in [0, 0.05) is 32.2 Å². The molecule has 0 saturated carbocycles. The normalized spacial score (nSPS) is 17.0. The van der Waals surface area contributed by atoms with Crippen LogP contribution in [0.3, 0.4) is 0 Å². The van der Waals surface area contributed by atoms with Crippen molar-refractivity contribution in [2.24, 2.45) is 0 Å². The van der Waals surface area contributed by atoms with Crippen LogP contribution in [0.5, 0.6) is 6.01 Å². The number of rotatable bonds is 4. The highest BCUT2D eigenvalue weighted by atomic mass is 35.5. The zero-order chi connectivity index (χ0) is 13.8.